The molecule has 22 heavy (non-hydrogen) atoms. The van der Waals surface area contributed by atoms with Gasteiger partial charge < -0.3 is 20.4 Å². The first-order valence-corrected chi connectivity index (χ1v) is 7.64. The summed E-state index contributed by atoms with van der Waals surface area (Å²) in [6.45, 7) is 2.79. The van der Waals surface area contributed by atoms with Crippen LogP contribution in [0.25, 0.3) is 0 Å². The van der Waals surface area contributed by atoms with Crippen LogP contribution in [0.15, 0.2) is 47.1 Å². The molecule has 1 unspecified atom stereocenters. The summed E-state index contributed by atoms with van der Waals surface area (Å²) in [4.78, 5) is 11.7. The Morgan fingerprint density at radius 1 is 1.27 bits per heavy atom. The number of rotatable bonds is 6. The third-order valence-electron chi connectivity index (χ3n) is 3.74. The van der Waals surface area contributed by atoms with Crippen LogP contribution in [0.3, 0.4) is 0 Å². The Bertz CT molecular complexity index is 603. The largest absolute Gasteiger partial charge is 0.468 e. The van der Waals surface area contributed by atoms with Crippen LogP contribution in [0, 0.1) is 0 Å². The van der Waals surface area contributed by atoms with Crippen LogP contribution in [0.4, 0.5) is 10.5 Å². The molecule has 0 saturated heterocycles. The maximum Gasteiger partial charge on any atom is 0.319 e. The molecule has 1 atom stereocenters. The summed E-state index contributed by atoms with van der Waals surface area (Å²) in [5, 5.41) is 9.15. The molecule has 116 valence electrons. The molecule has 1 saturated carbocycles. The Labute approximate surface area is 130 Å². The third kappa shape index (κ3) is 4.11. The van der Waals surface area contributed by atoms with Crippen LogP contribution >= 0.6 is 0 Å². The molecule has 1 aromatic heterocycles. The van der Waals surface area contributed by atoms with Gasteiger partial charge in [0.2, 0.25) is 0 Å². The smallest absolute Gasteiger partial charge is 0.319 e. The Morgan fingerprint density at radius 2 is 2.05 bits per heavy atom. The zero-order valence-electron chi connectivity index (χ0n) is 12.6. The fraction of sp³-hybridized carbons (Fsp3) is 0.353. The molecular weight excluding hydrogens is 278 g/mol. The number of hydrogen-bond donors (Lipinski definition) is 3. The standard InChI is InChI=1S/C17H21N3O2/c1-12(18-11-16-3-2-10-22-16)13-4-6-14(7-5-13)19-17(21)20-15-8-9-15/h2-7,10,12,15,18H,8-9,11H2,1H3,(H2,19,20,21). The van der Waals surface area contributed by atoms with E-state index in [0.29, 0.717) is 12.6 Å². The monoisotopic (exact) mass is 299 g/mol. The molecule has 1 heterocycles. The number of hydrogen-bond acceptors (Lipinski definition) is 3. The van der Waals surface area contributed by atoms with Crippen molar-refractivity contribution in [1.82, 2.24) is 10.6 Å². The number of anilines is 1. The highest BCUT2D eigenvalue weighted by atomic mass is 16.3. The van der Waals surface area contributed by atoms with E-state index in [4.69, 9.17) is 4.42 Å². The van der Waals surface area contributed by atoms with Gasteiger partial charge in [-0.15, -0.1) is 0 Å². The molecule has 0 aliphatic heterocycles. The molecule has 1 fully saturated rings. The highest BCUT2D eigenvalue weighted by Crippen LogP contribution is 2.20. The van der Waals surface area contributed by atoms with Crippen LogP contribution in [-0.2, 0) is 6.54 Å². The Morgan fingerprint density at radius 3 is 2.68 bits per heavy atom. The molecule has 2 aromatic rings. The average molecular weight is 299 g/mol. The summed E-state index contributed by atoms with van der Waals surface area (Å²) in [6, 6.07) is 12.2. The summed E-state index contributed by atoms with van der Waals surface area (Å²) in [6.07, 6.45) is 3.85. The molecule has 3 rings (SSSR count). The second-order valence-corrected chi connectivity index (χ2v) is 5.68. The van der Waals surface area contributed by atoms with Gasteiger partial charge in [0.15, 0.2) is 0 Å². The highest BCUT2D eigenvalue weighted by Gasteiger charge is 2.23. The van der Waals surface area contributed by atoms with Crippen LogP contribution in [0.5, 0.6) is 0 Å². The lowest BCUT2D eigenvalue weighted by Gasteiger charge is -2.14. The lowest BCUT2D eigenvalue weighted by atomic mass is 10.1. The van der Waals surface area contributed by atoms with E-state index in [1.807, 2.05) is 36.4 Å². The minimum Gasteiger partial charge on any atom is -0.468 e. The lowest BCUT2D eigenvalue weighted by Crippen LogP contribution is -2.30. The third-order valence-corrected chi connectivity index (χ3v) is 3.74. The summed E-state index contributed by atoms with van der Waals surface area (Å²) in [5.74, 6) is 0.918. The van der Waals surface area contributed by atoms with Gasteiger partial charge in [-0.05, 0) is 49.6 Å². The first-order chi connectivity index (χ1) is 10.7. The van der Waals surface area contributed by atoms with Crippen molar-refractivity contribution in [3.8, 4) is 0 Å². The van der Waals surface area contributed by atoms with Gasteiger partial charge in [-0.2, -0.15) is 0 Å². The van der Waals surface area contributed by atoms with Crippen LogP contribution in [0.1, 0.15) is 37.1 Å². The van der Waals surface area contributed by atoms with Gasteiger partial charge in [0.05, 0.1) is 12.8 Å². The SMILES string of the molecule is CC(NCc1ccco1)c1ccc(NC(=O)NC2CC2)cc1. The number of carbonyl (C=O) groups excluding carboxylic acids is 1. The number of benzene rings is 1. The van der Waals surface area contributed by atoms with Crippen molar-refractivity contribution in [2.24, 2.45) is 0 Å². The zero-order valence-corrected chi connectivity index (χ0v) is 12.6. The van der Waals surface area contributed by atoms with Crippen LogP contribution in [-0.4, -0.2) is 12.1 Å². The Kier molecular flexibility index (Phi) is 4.44. The number of furan rings is 1. The van der Waals surface area contributed by atoms with E-state index in [-0.39, 0.29) is 12.1 Å². The molecule has 1 aromatic carbocycles. The molecule has 1 aliphatic carbocycles. The second-order valence-electron chi connectivity index (χ2n) is 5.68. The highest BCUT2D eigenvalue weighted by molar-refractivity contribution is 5.89. The summed E-state index contributed by atoms with van der Waals surface area (Å²) >= 11 is 0. The number of nitrogens with one attached hydrogen (secondary N) is 3. The summed E-state index contributed by atoms with van der Waals surface area (Å²) in [7, 11) is 0. The Hall–Kier alpha value is -2.27. The van der Waals surface area contributed by atoms with Crippen molar-refractivity contribution in [2.75, 3.05) is 5.32 Å². The molecule has 5 nitrogen and oxygen atoms in total. The molecular formula is C17H21N3O2. The van der Waals surface area contributed by atoms with Gasteiger partial charge in [0, 0.05) is 17.8 Å². The van der Waals surface area contributed by atoms with E-state index in [2.05, 4.69) is 22.9 Å². The maximum absolute atomic E-state index is 11.7. The van der Waals surface area contributed by atoms with Crippen molar-refractivity contribution in [1.29, 1.82) is 0 Å². The first-order valence-electron chi connectivity index (χ1n) is 7.64. The van der Waals surface area contributed by atoms with Crippen molar-refractivity contribution >= 4 is 11.7 Å². The topological polar surface area (TPSA) is 66.3 Å². The maximum atomic E-state index is 11.7. The van der Waals surface area contributed by atoms with Crippen molar-refractivity contribution in [3.05, 3.63) is 54.0 Å². The molecule has 0 spiro atoms. The fourth-order valence-electron chi connectivity index (χ4n) is 2.22. The number of amides is 2. The minimum absolute atomic E-state index is 0.126. The van der Waals surface area contributed by atoms with Crippen molar-refractivity contribution < 1.29 is 9.21 Å². The van der Waals surface area contributed by atoms with E-state index < -0.39 is 0 Å². The van der Waals surface area contributed by atoms with E-state index in [9.17, 15) is 4.79 Å². The van der Waals surface area contributed by atoms with Crippen molar-refractivity contribution in [3.63, 3.8) is 0 Å². The first kappa shape index (κ1) is 14.7. The molecule has 3 N–H and O–H groups in total. The molecule has 2 amide bonds. The minimum atomic E-state index is -0.126. The van der Waals surface area contributed by atoms with Gasteiger partial charge in [-0.25, -0.2) is 4.79 Å². The predicted molar refractivity (Wildman–Crippen MR) is 85.6 cm³/mol. The van der Waals surface area contributed by atoms with E-state index in [1.165, 1.54) is 5.56 Å². The summed E-state index contributed by atoms with van der Waals surface area (Å²) in [5.41, 5.74) is 1.97. The average Bonchev–Trinajstić information content (AvgIpc) is 3.16. The summed E-state index contributed by atoms with van der Waals surface area (Å²) < 4.78 is 5.30. The van der Waals surface area contributed by atoms with E-state index >= 15 is 0 Å². The van der Waals surface area contributed by atoms with E-state index in [1.54, 1.807) is 6.26 Å². The number of carbonyl (C=O) groups is 1. The van der Waals surface area contributed by atoms with Crippen molar-refractivity contribution in [2.45, 2.75) is 38.4 Å². The van der Waals surface area contributed by atoms with Crippen LogP contribution in [0.2, 0.25) is 0 Å². The number of urea groups is 1. The molecule has 0 bridgehead atoms. The van der Waals surface area contributed by atoms with E-state index in [0.717, 1.165) is 24.3 Å². The van der Waals surface area contributed by atoms with Crippen LogP contribution < -0.4 is 16.0 Å². The zero-order chi connectivity index (χ0) is 15.4. The fourth-order valence-corrected chi connectivity index (χ4v) is 2.22. The van der Waals surface area contributed by atoms with Gasteiger partial charge in [-0.1, -0.05) is 12.1 Å². The van der Waals surface area contributed by atoms with Gasteiger partial charge in [0.25, 0.3) is 0 Å². The normalized spacial score (nSPS) is 15.3. The second kappa shape index (κ2) is 6.66. The molecule has 5 heteroatoms. The van der Waals surface area contributed by atoms with Gasteiger partial charge in [0.1, 0.15) is 5.76 Å². The predicted octanol–water partition coefficient (Wildman–Crippen LogP) is 3.41. The lowest BCUT2D eigenvalue weighted by molar-refractivity contribution is 0.251. The Balaban J connectivity index is 1.50. The van der Waals surface area contributed by atoms with Gasteiger partial charge >= 0.3 is 6.03 Å². The molecule has 0 radical (unpaired) electrons. The molecule has 1 aliphatic rings. The van der Waals surface area contributed by atoms with Gasteiger partial charge in [-0.3, -0.25) is 0 Å². The quantitative estimate of drug-likeness (QED) is 0.765.